The summed E-state index contributed by atoms with van der Waals surface area (Å²) >= 11 is 9.89. The zero-order chi connectivity index (χ0) is 27.8. The molecule has 0 atom stereocenters. The number of aliphatic imine (C=N–C) groups is 1. The molecule has 1 N–H and O–H groups in total. The van der Waals surface area contributed by atoms with Crippen molar-refractivity contribution in [3.8, 4) is 17.2 Å². The van der Waals surface area contributed by atoms with Crippen LogP contribution in [0.1, 0.15) is 16.7 Å². The van der Waals surface area contributed by atoms with Crippen LogP contribution in [0, 0.1) is 10.1 Å². The maximum Gasteiger partial charge on any atom is 0.311 e. The molecule has 0 aliphatic carbocycles. The lowest BCUT2D eigenvalue weighted by atomic mass is 10.0. The first kappa shape index (κ1) is 25.7. The molecule has 5 aromatic carbocycles. The minimum Gasteiger partial charge on any atom is -0.502 e. The quantitative estimate of drug-likeness (QED) is 0.115. The zero-order valence-corrected chi connectivity index (χ0v) is 23.1. The molecule has 6 rings (SSSR count). The van der Waals surface area contributed by atoms with Crippen LogP contribution in [0.5, 0.6) is 5.75 Å². The van der Waals surface area contributed by atoms with E-state index in [1.54, 1.807) is 30.3 Å². The molecule has 0 fully saturated rings. The van der Waals surface area contributed by atoms with E-state index in [-0.39, 0.29) is 5.56 Å². The summed E-state index contributed by atoms with van der Waals surface area (Å²) in [6.07, 6.45) is 1.77. The minimum absolute atomic E-state index is 0.221. The Morgan fingerprint density at radius 2 is 1.80 bits per heavy atom. The van der Waals surface area contributed by atoms with Crippen LogP contribution in [0.3, 0.4) is 0 Å². The summed E-state index contributed by atoms with van der Waals surface area (Å²) in [5, 5.41) is 24.9. The van der Waals surface area contributed by atoms with E-state index >= 15 is 0 Å². The molecule has 0 unspecified atom stereocenters. The van der Waals surface area contributed by atoms with Crippen LogP contribution in [0.4, 0.5) is 11.4 Å². The molecule has 6 aromatic rings. The summed E-state index contributed by atoms with van der Waals surface area (Å²) < 4.78 is 7.04. The third kappa shape index (κ3) is 4.95. The molecule has 7 nitrogen and oxygen atoms in total. The summed E-state index contributed by atoms with van der Waals surface area (Å²) in [5.41, 5.74) is 3.89. The average Bonchev–Trinajstić information content (AvgIpc) is 3.37. The van der Waals surface area contributed by atoms with Crippen LogP contribution in [-0.2, 0) is 6.42 Å². The normalized spacial score (nSPS) is 11.6. The number of fused-ring (bicyclic) bond motifs is 2. The molecular formula is C31H19BrClN3O4. The molecule has 0 bridgehead atoms. The molecule has 0 amide bonds. The number of oxazole rings is 1. The second-order valence-corrected chi connectivity index (χ2v) is 10.4. The van der Waals surface area contributed by atoms with Crippen molar-refractivity contribution in [1.82, 2.24) is 4.98 Å². The van der Waals surface area contributed by atoms with Gasteiger partial charge in [-0.2, -0.15) is 0 Å². The van der Waals surface area contributed by atoms with Gasteiger partial charge < -0.3 is 9.52 Å². The molecule has 1 heterocycles. The first-order valence-corrected chi connectivity index (χ1v) is 13.4. The number of nitro benzene ring substituents is 1. The van der Waals surface area contributed by atoms with Crippen LogP contribution in [0.2, 0.25) is 5.02 Å². The number of hydrogen-bond acceptors (Lipinski definition) is 6. The van der Waals surface area contributed by atoms with Gasteiger partial charge in [-0.25, -0.2) is 4.98 Å². The van der Waals surface area contributed by atoms with Crippen molar-refractivity contribution >= 4 is 67.0 Å². The summed E-state index contributed by atoms with van der Waals surface area (Å²) in [6.45, 7) is 0. The van der Waals surface area contributed by atoms with E-state index in [0.29, 0.717) is 39.7 Å². The predicted molar refractivity (Wildman–Crippen MR) is 161 cm³/mol. The summed E-state index contributed by atoms with van der Waals surface area (Å²) in [7, 11) is 0. The fourth-order valence-electron chi connectivity index (χ4n) is 4.62. The Kier molecular flexibility index (Phi) is 6.79. The Hall–Kier alpha value is -4.53. The van der Waals surface area contributed by atoms with Crippen LogP contribution >= 0.6 is 27.5 Å². The molecule has 0 aliphatic rings. The lowest BCUT2D eigenvalue weighted by molar-refractivity contribution is -0.385. The second kappa shape index (κ2) is 10.6. The van der Waals surface area contributed by atoms with E-state index < -0.39 is 16.4 Å². The summed E-state index contributed by atoms with van der Waals surface area (Å²) in [6, 6.07) is 27.5. The molecule has 0 radical (unpaired) electrons. The highest BCUT2D eigenvalue weighted by molar-refractivity contribution is 9.10. The lowest BCUT2D eigenvalue weighted by Crippen LogP contribution is -1.97. The summed E-state index contributed by atoms with van der Waals surface area (Å²) in [5.74, 6) is 0.0314. The maximum absolute atomic E-state index is 11.6. The number of nitro groups is 1. The van der Waals surface area contributed by atoms with E-state index in [4.69, 9.17) is 21.0 Å². The van der Waals surface area contributed by atoms with E-state index in [1.807, 2.05) is 54.6 Å². The topological polar surface area (TPSA) is 102 Å². The highest BCUT2D eigenvalue weighted by Gasteiger charge is 2.19. The molecular weight excluding hydrogens is 594 g/mol. The molecule has 40 heavy (non-hydrogen) atoms. The van der Waals surface area contributed by atoms with Crippen LogP contribution in [0.15, 0.2) is 105 Å². The van der Waals surface area contributed by atoms with Gasteiger partial charge in [-0.15, -0.1) is 0 Å². The fourth-order valence-corrected chi connectivity index (χ4v) is 5.32. The monoisotopic (exact) mass is 611 g/mol. The standard InChI is InChI=1S/C31H19BrClN3O4/c32-25-9-4-6-22-23(25)7-3-8-24(22)31-35-27-16-21(11-12-29(27)40-31)34-17-20-14-18(15-28(30(20)37)36(38)39)13-19-5-1-2-10-26(19)33/h1-12,14-17,37H,13H2. The molecule has 0 aliphatic heterocycles. The molecule has 196 valence electrons. The number of nitrogens with zero attached hydrogens (tertiary/aromatic N) is 3. The second-order valence-electron chi connectivity index (χ2n) is 9.15. The molecule has 0 spiro atoms. The first-order valence-electron chi connectivity index (χ1n) is 12.2. The SMILES string of the molecule is O=[N+]([O-])c1cc(Cc2ccccc2Cl)cc(C=Nc2ccc3oc(-c4cccc5c(Br)cccc45)nc3c2)c1O. The van der Waals surface area contributed by atoms with Gasteiger partial charge in [-0.3, -0.25) is 15.1 Å². The Morgan fingerprint density at radius 3 is 2.62 bits per heavy atom. The van der Waals surface area contributed by atoms with Crippen molar-refractivity contribution in [3.63, 3.8) is 0 Å². The largest absolute Gasteiger partial charge is 0.502 e. The number of aromatic hydroxyl groups is 1. The van der Waals surface area contributed by atoms with Gasteiger partial charge in [0.2, 0.25) is 11.6 Å². The number of hydrogen-bond donors (Lipinski definition) is 1. The molecule has 1 aromatic heterocycles. The van der Waals surface area contributed by atoms with Gasteiger partial charge in [0, 0.05) is 32.9 Å². The third-order valence-corrected chi connectivity index (χ3v) is 7.61. The Bertz CT molecular complexity index is 1970. The van der Waals surface area contributed by atoms with E-state index in [2.05, 4.69) is 20.9 Å². The molecule has 0 saturated heterocycles. The average molecular weight is 613 g/mol. The lowest BCUT2D eigenvalue weighted by Gasteiger charge is -2.07. The number of halogens is 2. The van der Waals surface area contributed by atoms with Crippen molar-refractivity contribution in [2.45, 2.75) is 6.42 Å². The van der Waals surface area contributed by atoms with E-state index in [9.17, 15) is 15.2 Å². The van der Waals surface area contributed by atoms with Gasteiger partial charge in [0.25, 0.3) is 0 Å². The van der Waals surface area contributed by atoms with Gasteiger partial charge >= 0.3 is 5.69 Å². The van der Waals surface area contributed by atoms with E-state index in [1.165, 1.54) is 12.3 Å². The van der Waals surface area contributed by atoms with Crippen molar-refractivity contribution in [1.29, 1.82) is 0 Å². The number of aromatic nitrogens is 1. The predicted octanol–water partition coefficient (Wildman–Crippen LogP) is 9.02. The van der Waals surface area contributed by atoms with Crippen LogP contribution in [-0.4, -0.2) is 21.2 Å². The number of phenolic OH excluding ortho intramolecular Hbond substituents is 1. The highest BCUT2D eigenvalue weighted by atomic mass is 79.9. The van der Waals surface area contributed by atoms with Gasteiger partial charge in [-0.05, 0) is 70.8 Å². The van der Waals surface area contributed by atoms with Gasteiger partial charge in [-0.1, -0.05) is 70.0 Å². The third-order valence-electron chi connectivity index (χ3n) is 6.55. The minimum atomic E-state index is -0.614. The smallest absolute Gasteiger partial charge is 0.311 e. The Labute approximate surface area is 241 Å². The van der Waals surface area contributed by atoms with E-state index in [0.717, 1.165) is 26.4 Å². The highest BCUT2D eigenvalue weighted by Crippen LogP contribution is 2.35. The first-order chi connectivity index (χ1) is 19.4. The fraction of sp³-hybridized carbons (Fsp3) is 0.0323. The van der Waals surface area contributed by atoms with Gasteiger partial charge in [0.05, 0.1) is 10.6 Å². The zero-order valence-electron chi connectivity index (χ0n) is 20.7. The molecule has 9 heteroatoms. The molecule has 0 saturated carbocycles. The van der Waals surface area contributed by atoms with Crippen molar-refractivity contribution in [3.05, 3.63) is 127 Å². The van der Waals surface area contributed by atoms with Crippen molar-refractivity contribution in [2.24, 2.45) is 4.99 Å². The van der Waals surface area contributed by atoms with Crippen molar-refractivity contribution < 1.29 is 14.4 Å². The Morgan fingerprint density at radius 1 is 1.00 bits per heavy atom. The van der Waals surface area contributed by atoms with Gasteiger partial charge in [0.15, 0.2) is 5.58 Å². The maximum atomic E-state index is 11.6. The Balaban J connectivity index is 1.35. The number of phenols is 1. The number of benzene rings is 5. The van der Waals surface area contributed by atoms with Crippen molar-refractivity contribution in [2.75, 3.05) is 0 Å². The summed E-state index contributed by atoms with van der Waals surface area (Å²) in [4.78, 5) is 20.2. The van der Waals surface area contributed by atoms with Crippen LogP contribution < -0.4 is 0 Å². The van der Waals surface area contributed by atoms with Gasteiger partial charge in [0.1, 0.15) is 5.52 Å². The number of rotatable bonds is 6. The van der Waals surface area contributed by atoms with Crippen LogP contribution in [0.25, 0.3) is 33.3 Å².